The van der Waals surface area contributed by atoms with Gasteiger partial charge in [0, 0.05) is 17.1 Å². The number of benzene rings is 2. The second-order valence-electron chi connectivity index (χ2n) is 6.11. The number of hydrazine groups is 1. The van der Waals surface area contributed by atoms with E-state index in [0.29, 0.717) is 27.8 Å². The van der Waals surface area contributed by atoms with Gasteiger partial charge in [-0.3, -0.25) is 25.2 Å². The monoisotopic (exact) mass is 443 g/mol. The maximum absolute atomic E-state index is 12.3. The molecule has 0 aliphatic rings. The number of methoxy groups -OCH3 is 1. The predicted octanol–water partition coefficient (Wildman–Crippen LogP) is 3.41. The van der Waals surface area contributed by atoms with E-state index in [4.69, 9.17) is 16.3 Å². The van der Waals surface area contributed by atoms with Crippen LogP contribution in [0, 0.1) is 0 Å². The summed E-state index contributed by atoms with van der Waals surface area (Å²) in [6.07, 6.45) is 0. The van der Waals surface area contributed by atoms with Crippen LogP contribution in [-0.4, -0.2) is 24.8 Å². The number of amides is 3. The summed E-state index contributed by atoms with van der Waals surface area (Å²) in [5.41, 5.74) is 6.13. The molecule has 7 nitrogen and oxygen atoms in total. The Morgan fingerprint density at radius 1 is 0.967 bits per heavy atom. The molecule has 0 aliphatic carbocycles. The molecule has 0 spiro atoms. The molecule has 3 amide bonds. The lowest BCUT2D eigenvalue weighted by Crippen LogP contribution is -2.41. The summed E-state index contributed by atoms with van der Waals surface area (Å²) in [7, 11) is 1.42. The lowest BCUT2D eigenvalue weighted by Gasteiger charge is -2.11. The minimum Gasteiger partial charge on any atom is -0.496 e. The number of thiophene rings is 1. The Balaban J connectivity index is 1.53. The van der Waals surface area contributed by atoms with Crippen molar-refractivity contribution in [1.29, 1.82) is 0 Å². The molecule has 3 N–H and O–H groups in total. The van der Waals surface area contributed by atoms with E-state index >= 15 is 0 Å². The van der Waals surface area contributed by atoms with Crippen LogP contribution in [0.2, 0.25) is 5.02 Å². The third-order valence-electron chi connectivity index (χ3n) is 4.11. The maximum atomic E-state index is 12.3. The van der Waals surface area contributed by atoms with Gasteiger partial charge in [-0.2, -0.15) is 0 Å². The van der Waals surface area contributed by atoms with Crippen LogP contribution >= 0.6 is 22.9 Å². The van der Waals surface area contributed by atoms with Gasteiger partial charge in [0.2, 0.25) is 0 Å². The number of carbonyl (C=O) groups is 3. The summed E-state index contributed by atoms with van der Waals surface area (Å²) >= 11 is 7.25. The van der Waals surface area contributed by atoms with E-state index in [1.165, 1.54) is 30.6 Å². The second-order valence-corrected chi connectivity index (χ2v) is 7.49. The van der Waals surface area contributed by atoms with Gasteiger partial charge in [-0.1, -0.05) is 29.8 Å². The number of hydrogen-bond acceptors (Lipinski definition) is 5. The molecule has 1 aromatic heterocycles. The molecule has 0 aliphatic heterocycles. The van der Waals surface area contributed by atoms with Gasteiger partial charge in [-0.05, 0) is 47.3 Å². The molecule has 0 saturated carbocycles. The smallest absolute Gasteiger partial charge is 0.273 e. The molecule has 0 fully saturated rings. The number of nitrogens with one attached hydrogen (secondary N) is 3. The van der Waals surface area contributed by atoms with Gasteiger partial charge >= 0.3 is 0 Å². The molecule has 154 valence electrons. The molecule has 3 aromatic rings. The Bertz CT molecular complexity index is 1050. The van der Waals surface area contributed by atoms with E-state index in [9.17, 15) is 14.4 Å². The topological polar surface area (TPSA) is 96.5 Å². The lowest BCUT2D eigenvalue weighted by atomic mass is 10.1. The molecule has 0 unspecified atom stereocenters. The normalized spacial score (nSPS) is 10.2. The zero-order valence-electron chi connectivity index (χ0n) is 15.9. The molecule has 30 heavy (non-hydrogen) atoms. The van der Waals surface area contributed by atoms with Crippen LogP contribution in [0.5, 0.6) is 5.75 Å². The van der Waals surface area contributed by atoms with Crippen LogP contribution in [-0.2, 0) is 6.54 Å². The molecule has 2 aromatic carbocycles. The predicted molar refractivity (Wildman–Crippen MR) is 115 cm³/mol. The number of carbonyl (C=O) groups excluding carboxylic acids is 3. The van der Waals surface area contributed by atoms with Gasteiger partial charge in [0.25, 0.3) is 17.7 Å². The zero-order chi connectivity index (χ0) is 21.5. The van der Waals surface area contributed by atoms with E-state index in [1.54, 1.807) is 36.4 Å². The number of hydrogen-bond donors (Lipinski definition) is 3. The summed E-state index contributed by atoms with van der Waals surface area (Å²) in [5, 5.41) is 5.08. The summed E-state index contributed by atoms with van der Waals surface area (Å²) in [6.45, 7) is 0.339. The fourth-order valence-electron chi connectivity index (χ4n) is 2.56. The van der Waals surface area contributed by atoms with Crippen molar-refractivity contribution in [2.45, 2.75) is 6.54 Å². The van der Waals surface area contributed by atoms with Crippen LogP contribution in [0.1, 0.15) is 36.0 Å². The van der Waals surface area contributed by atoms with Crippen LogP contribution in [0.25, 0.3) is 0 Å². The first-order chi connectivity index (χ1) is 14.5. The van der Waals surface area contributed by atoms with E-state index < -0.39 is 11.8 Å². The van der Waals surface area contributed by atoms with Crippen LogP contribution < -0.4 is 20.9 Å². The summed E-state index contributed by atoms with van der Waals surface area (Å²) in [4.78, 5) is 37.2. The molecule has 0 bridgehead atoms. The SMILES string of the molecule is COc1cc(Cl)ccc1C(=O)NNC(=O)c1ccc(CNC(=O)c2cccs2)cc1. The van der Waals surface area contributed by atoms with Crippen molar-refractivity contribution >= 4 is 40.7 Å². The van der Waals surface area contributed by atoms with Gasteiger partial charge in [-0.25, -0.2) is 0 Å². The van der Waals surface area contributed by atoms with Crippen LogP contribution in [0.3, 0.4) is 0 Å². The van der Waals surface area contributed by atoms with Crippen molar-refractivity contribution < 1.29 is 19.1 Å². The highest BCUT2D eigenvalue weighted by Crippen LogP contribution is 2.22. The van der Waals surface area contributed by atoms with Gasteiger partial charge < -0.3 is 10.1 Å². The van der Waals surface area contributed by atoms with Crippen molar-refractivity contribution in [2.75, 3.05) is 7.11 Å². The zero-order valence-corrected chi connectivity index (χ0v) is 17.5. The second kappa shape index (κ2) is 9.91. The van der Waals surface area contributed by atoms with Gasteiger partial charge in [0.1, 0.15) is 5.75 Å². The van der Waals surface area contributed by atoms with Crippen molar-refractivity contribution in [1.82, 2.24) is 16.2 Å². The van der Waals surface area contributed by atoms with E-state index in [-0.39, 0.29) is 11.5 Å². The first-order valence-electron chi connectivity index (χ1n) is 8.83. The Hall–Kier alpha value is -3.36. The van der Waals surface area contributed by atoms with Crippen molar-refractivity contribution in [3.8, 4) is 5.75 Å². The highest BCUT2D eigenvalue weighted by molar-refractivity contribution is 7.12. The summed E-state index contributed by atoms with van der Waals surface area (Å²) in [6, 6.07) is 14.8. The average Bonchev–Trinajstić information content (AvgIpc) is 3.31. The van der Waals surface area contributed by atoms with Crippen LogP contribution in [0.4, 0.5) is 0 Å². The number of rotatable bonds is 6. The van der Waals surface area contributed by atoms with E-state index in [1.807, 2.05) is 11.4 Å². The van der Waals surface area contributed by atoms with Crippen LogP contribution in [0.15, 0.2) is 60.0 Å². The molecule has 3 rings (SSSR count). The minimum atomic E-state index is -0.537. The first-order valence-corrected chi connectivity index (χ1v) is 10.1. The molecular formula is C21H18ClN3O4S. The Kier molecular flexibility index (Phi) is 7.05. The average molecular weight is 444 g/mol. The maximum Gasteiger partial charge on any atom is 0.273 e. The van der Waals surface area contributed by atoms with Crippen molar-refractivity contribution in [3.63, 3.8) is 0 Å². The summed E-state index contributed by atoms with van der Waals surface area (Å²) in [5.74, 6) is -0.870. The fraction of sp³-hybridized carbons (Fsp3) is 0.0952. The molecule has 0 atom stereocenters. The Morgan fingerprint density at radius 3 is 2.37 bits per heavy atom. The highest BCUT2D eigenvalue weighted by atomic mass is 35.5. The van der Waals surface area contributed by atoms with Gasteiger partial charge in [0.15, 0.2) is 0 Å². The fourth-order valence-corrected chi connectivity index (χ4v) is 3.36. The first kappa shape index (κ1) is 21.4. The molecule has 9 heteroatoms. The quantitative estimate of drug-likeness (QED) is 0.508. The van der Waals surface area contributed by atoms with Gasteiger partial charge in [-0.15, -0.1) is 11.3 Å². The third kappa shape index (κ3) is 5.37. The van der Waals surface area contributed by atoms with E-state index in [0.717, 1.165) is 5.56 Å². The third-order valence-corrected chi connectivity index (χ3v) is 5.22. The minimum absolute atomic E-state index is 0.146. The summed E-state index contributed by atoms with van der Waals surface area (Å²) < 4.78 is 5.13. The molecule has 0 saturated heterocycles. The van der Waals surface area contributed by atoms with E-state index in [2.05, 4.69) is 16.2 Å². The molecular weight excluding hydrogens is 426 g/mol. The van der Waals surface area contributed by atoms with Crippen molar-refractivity contribution in [3.05, 3.63) is 86.6 Å². The standard InChI is InChI=1S/C21H18ClN3O4S/c1-29-17-11-15(22)8-9-16(17)20(27)25-24-19(26)14-6-4-13(5-7-14)12-23-21(28)18-3-2-10-30-18/h2-11H,12H2,1H3,(H,23,28)(H,24,26)(H,25,27). The van der Waals surface area contributed by atoms with Crippen molar-refractivity contribution in [2.24, 2.45) is 0 Å². The number of ether oxygens (including phenoxy) is 1. The Labute approximate surface area is 182 Å². The lowest BCUT2D eigenvalue weighted by molar-refractivity contribution is 0.0845. The highest BCUT2D eigenvalue weighted by Gasteiger charge is 2.14. The Morgan fingerprint density at radius 2 is 1.70 bits per heavy atom. The molecule has 1 heterocycles. The molecule has 0 radical (unpaired) electrons. The number of halogens is 1. The largest absolute Gasteiger partial charge is 0.496 e. The van der Waals surface area contributed by atoms with Gasteiger partial charge in [0.05, 0.1) is 17.6 Å².